The average Bonchev–Trinajstić information content (AvgIpc) is 2.67. The highest BCUT2D eigenvalue weighted by molar-refractivity contribution is 9.10. The highest BCUT2D eigenvalue weighted by Crippen LogP contribution is 2.36. The maximum atomic E-state index is 12.0. The Bertz CT molecular complexity index is 898. The van der Waals surface area contributed by atoms with Crippen molar-refractivity contribution in [3.8, 4) is 17.2 Å². The zero-order valence-electron chi connectivity index (χ0n) is 16.3. The van der Waals surface area contributed by atoms with Crippen LogP contribution in [0.25, 0.3) is 0 Å². The zero-order valence-corrected chi connectivity index (χ0v) is 17.9. The van der Waals surface area contributed by atoms with E-state index in [2.05, 4.69) is 26.5 Å². The molecular weight excluding hydrogens is 442 g/mol. The molecule has 0 spiro atoms. The highest BCUT2D eigenvalue weighted by atomic mass is 79.9. The first-order valence-corrected chi connectivity index (χ1v) is 9.52. The van der Waals surface area contributed by atoms with E-state index in [1.165, 1.54) is 35.4 Å². The van der Waals surface area contributed by atoms with E-state index in [0.717, 1.165) is 0 Å². The van der Waals surface area contributed by atoms with Crippen LogP contribution in [0.3, 0.4) is 0 Å². The van der Waals surface area contributed by atoms with E-state index in [4.69, 9.17) is 9.47 Å². The molecular formula is C20H22BrN3O5. The van der Waals surface area contributed by atoms with E-state index in [1.54, 1.807) is 26.2 Å². The van der Waals surface area contributed by atoms with Crippen molar-refractivity contribution in [2.24, 2.45) is 5.10 Å². The van der Waals surface area contributed by atoms with E-state index in [1.807, 2.05) is 6.92 Å². The molecule has 0 aliphatic rings. The van der Waals surface area contributed by atoms with Gasteiger partial charge in [-0.15, -0.1) is 0 Å². The Morgan fingerprint density at radius 1 is 1.21 bits per heavy atom. The maximum Gasteiger partial charge on any atom is 0.271 e. The number of hydrogen-bond acceptors (Lipinski definition) is 6. The Labute approximate surface area is 177 Å². The average molecular weight is 464 g/mol. The van der Waals surface area contributed by atoms with Crippen molar-refractivity contribution >= 4 is 34.0 Å². The number of nitrogens with one attached hydrogen (secondary N) is 1. The van der Waals surface area contributed by atoms with Crippen LogP contribution in [0.1, 0.15) is 22.8 Å². The van der Waals surface area contributed by atoms with Crippen LogP contribution in [0.5, 0.6) is 17.2 Å². The van der Waals surface area contributed by atoms with Crippen LogP contribution in [0.2, 0.25) is 0 Å². The minimum Gasteiger partial charge on any atom is -0.508 e. The summed E-state index contributed by atoms with van der Waals surface area (Å²) < 4.78 is 11.8. The number of aromatic hydroxyl groups is 1. The molecule has 29 heavy (non-hydrogen) atoms. The SMILES string of the molecule is CCOc1cc(/C=N/NC(=O)c2ccc(O)cc2)cc(Br)c1OCC(=O)N(C)C. The Kier molecular flexibility index (Phi) is 8.02. The van der Waals surface area contributed by atoms with Crippen LogP contribution in [-0.4, -0.2) is 55.3 Å². The van der Waals surface area contributed by atoms with Gasteiger partial charge < -0.3 is 19.5 Å². The summed E-state index contributed by atoms with van der Waals surface area (Å²) in [5.74, 6) is 0.342. The van der Waals surface area contributed by atoms with Gasteiger partial charge in [0.1, 0.15) is 5.75 Å². The normalized spacial score (nSPS) is 10.6. The van der Waals surface area contributed by atoms with E-state index in [-0.39, 0.29) is 18.3 Å². The summed E-state index contributed by atoms with van der Waals surface area (Å²) in [5.41, 5.74) is 3.43. The molecule has 0 saturated heterocycles. The van der Waals surface area contributed by atoms with E-state index < -0.39 is 5.91 Å². The molecule has 2 rings (SSSR count). The molecule has 0 saturated carbocycles. The van der Waals surface area contributed by atoms with Gasteiger partial charge >= 0.3 is 0 Å². The number of amides is 2. The molecule has 0 heterocycles. The molecule has 0 aromatic heterocycles. The lowest BCUT2D eigenvalue weighted by atomic mass is 10.2. The van der Waals surface area contributed by atoms with Crippen LogP contribution in [-0.2, 0) is 4.79 Å². The number of carbonyl (C=O) groups is 2. The molecule has 2 N–H and O–H groups in total. The molecule has 2 aromatic rings. The lowest BCUT2D eigenvalue weighted by Gasteiger charge is -2.16. The molecule has 0 radical (unpaired) electrons. The van der Waals surface area contributed by atoms with Gasteiger partial charge in [0.05, 0.1) is 17.3 Å². The minimum atomic E-state index is -0.410. The number of rotatable bonds is 8. The molecule has 2 aromatic carbocycles. The third-order valence-corrected chi connectivity index (χ3v) is 4.27. The number of hydrogen-bond donors (Lipinski definition) is 2. The summed E-state index contributed by atoms with van der Waals surface area (Å²) in [4.78, 5) is 25.3. The summed E-state index contributed by atoms with van der Waals surface area (Å²) >= 11 is 3.42. The van der Waals surface area contributed by atoms with Gasteiger partial charge in [0.15, 0.2) is 18.1 Å². The van der Waals surface area contributed by atoms with Crippen molar-refractivity contribution < 1.29 is 24.2 Å². The number of nitrogens with zero attached hydrogens (tertiary/aromatic N) is 2. The molecule has 8 nitrogen and oxygen atoms in total. The summed E-state index contributed by atoms with van der Waals surface area (Å²) in [6, 6.07) is 9.25. The highest BCUT2D eigenvalue weighted by Gasteiger charge is 2.14. The fourth-order valence-corrected chi connectivity index (χ4v) is 2.75. The summed E-state index contributed by atoms with van der Waals surface area (Å²) in [6.07, 6.45) is 1.46. The molecule has 0 aliphatic heterocycles. The molecule has 0 unspecified atom stereocenters. The predicted octanol–water partition coefficient (Wildman–Crippen LogP) is 2.78. The van der Waals surface area contributed by atoms with E-state index >= 15 is 0 Å². The van der Waals surface area contributed by atoms with Gasteiger partial charge in [-0.25, -0.2) is 5.43 Å². The Hall–Kier alpha value is -3.07. The van der Waals surface area contributed by atoms with Crippen LogP contribution in [0.4, 0.5) is 0 Å². The second-order valence-electron chi connectivity index (χ2n) is 6.09. The number of likely N-dealkylation sites (N-methyl/N-ethyl adjacent to an activating group) is 1. The minimum absolute atomic E-state index is 0.0768. The number of ether oxygens (including phenoxy) is 2. The standard InChI is InChI=1S/C20H22BrN3O5/c1-4-28-17-10-13(9-16(21)19(17)29-12-18(26)24(2)3)11-22-23-20(27)14-5-7-15(25)8-6-14/h5-11,25H,4,12H2,1-3H3,(H,23,27)/b22-11+. The first-order chi connectivity index (χ1) is 13.8. The van der Waals surface area contributed by atoms with Crippen molar-refractivity contribution in [3.05, 3.63) is 52.0 Å². The summed E-state index contributed by atoms with van der Waals surface area (Å²) in [7, 11) is 3.30. The summed E-state index contributed by atoms with van der Waals surface area (Å²) in [6.45, 7) is 2.12. The Morgan fingerprint density at radius 3 is 2.52 bits per heavy atom. The number of phenols is 1. The zero-order chi connectivity index (χ0) is 21.4. The number of halogens is 1. The van der Waals surface area contributed by atoms with Crippen molar-refractivity contribution in [1.29, 1.82) is 0 Å². The first kappa shape index (κ1) is 22.2. The third kappa shape index (κ3) is 6.49. The maximum absolute atomic E-state index is 12.0. The smallest absolute Gasteiger partial charge is 0.271 e. The van der Waals surface area contributed by atoms with Gasteiger partial charge in [0.2, 0.25) is 0 Å². The largest absolute Gasteiger partial charge is 0.508 e. The van der Waals surface area contributed by atoms with Crippen molar-refractivity contribution in [2.45, 2.75) is 6.92 Å². The lowest BCUT2D eigenvalue weighted by Crippen LogP contribution is -2.27. The number of phenolic OH excluding ortho intramolecular Hbond substituents is 1. The molecule has 9 heteroatoms. The van der Waals surface area contributed by atoms with Gasteiger partial charge in [0, 0.05) is 19.7 Å². The predicted molar refractivity (Wildman–Crippen MR) is 113 cm³/mol. The second-order valence-corrected chi connectivity index (χ2v) is 6.94. The Balaban J connectivity index is 2.12. The molecule has 0 bridgehead atoms. The van der Waals surface area contributed by atoms with Crippen molar-refractivity contribution in [2.75, 3.05) is 27.3 Å². The van der Waals surface area contributed by atoms with Gasteiger partial charge in [-0.05, 0) is 64.8 Å². The molecule has 0 atom stereocenters. The fraction of sp³-hybridized carbons (Fsp3) is 0.250. The van der Waals surface area contributed by atoms with Crippen LogP contribution < -0.4 is 14.9 Å². The fourth-order valence-electron chi connectivity index (χ4n) is 2.17. The number of benzene rings is 2. The quantitative estimate of drug-likeness (QED) is 0.462. The van der Waals surface area contributed by atoms with Crippen LogP contribution in [0.15, 0.2) is 46.0 Å². The van der Waals surface area contributed by atoms with E-state index in [9.17, 15) is 14.7 Å². The van der Waals surface area contributed by atoms with Gasteiger partial charge in [-0.2, -0.15) is 5.10 Å². The topological polar surface area (TPSA) is 100 Å². The van der Waals surface area contributed by atoms with Gasteiger partial charge in [-0.1, -0.05) is 0 Å². The van der Waals surface area contributed by atoms with Crippen LogP contribution >= 0.6 is 15.9 Å². The van der Waals surface area contributed by atoms with Crippen LogP contribution in [0, 0.1) is 0 Å². The van der Waals surface area contributed by atoms with Crippen molar-refractivity contribution in [3.63, 3.8) is 0 Å². The number of carbonyl (C=O) groups excluding carboxylic acids is 2. The van der Waals surface area contributed by atoms with Gasteiger partial charge in [-0.3, -0.25) is 9.59 Å². The molecule has 0 fully saturated rings. The first-order valence-electron chi connectivity index (χ1n) is 8.73. The van der Waals surface area contributed by atoms with Gasteiger partial charge in [0.25, 0.3) is 11.8 Å². The molecule has 154 valence electrons. The molecule has 0 aliphatic carbocycles. The lowest BCUT2D eigenvalue weighted by molar-refractivity contribution is -0.130. The summed E-state index contributed by atoms with van der Waals surface area (Å²) in [5, 5.41) is 13.2. The number of hydrazone groups is 1. The Morgan fingerprint density at radius 2 is 1.90 bits per heavy atom. The monoisotopic (exact) mass is 463 g/mol. The third-order valence-electron chi connectivity index (χ3n) is 3.68. The second kappa shape index (κ2) is 10.5. The van der Waals surface area contributed by atoms with E-state index in [0.29, 0.717) is 33.7 Å². The van der Waals surface area contributed by atoms with Crippen molar-refractivity contribution in [1.82, 2.24) is 10.3 Å². The molecule has 2 amide bonds.